The zero-order valence-electron chi connectivity index (χ0n) is 8.03. The first-order chi connectivity index (χ1) is 6.24. The Hall–Kier alpha value is -1.06. The first-order valence-corrected chi connectivity index (χ1v) is 4.90. The highest BCUT2D eigenvalue weighted by Gasteiger charge is 2.35. The number of nitrogen functional groups attached to an aromatic ring is 1. The lowest BCUT2D eigenvalue weighted by molar-refractivity contribution is 0.0941. The van der Waals surface area contributed by atoms with Crippen molar-refractivity contribution in [1.29, 1.82) is 0 Å². The molecule has 0 unspecified atom stereocenters. The normalized spacial score (nSPS) is 19.8. The summed E-state index contributed by atoms with van der Waals surface area (Å²) < 4.78 is 1.87. The van der Waals surface area contributed by atoms with Crippen molar-refractivity contribution in [2.24, 2.45) is 5.41 Å². The van der Waals surface area contributed by atoms with Gasteiger partial charge in [-0.3, -0.25) is 0 Å². The van der Waals surface area contributed by atoms with E-state index in [-0.39, 0.29) is 0 Å². The van der Waals surface area contributed by atoms with Gasteiger partial charge in [0, 0.05) is 6.54 Å². The third-order valence-electron chi connectivity index (χ3n) is 3.22. The summed E-state index contributed by atoms with van der Waals surface area (Å²) in [5, 5.41) is 7.76. The Balaban J connectivity index is 2.04. The molecule has 0 amide bonds. The van der Waals surface area contributed by atoms with E-state index in [0.717, 1.165) is 6.54 Å². The van der Waals surface area contributed by atoms with Gasteiger partial charge >= 0.3 is 0 Å². The van der Waals surface area contributed by atoms with Gasteiger partial charge in [0.2, 0.25) is 0 Å². The highest BCUT2D eigenvalue weighted by molar-refractivity contribution is 5.19. The van der Waals surface area contributed by atoms with E-state index in [2.05, 4.69) is 17.2 Å². The molecule has 0 spiro atoms. The van der Waals surface area contributed by atoms with Crippen molar-refractivity contribution >= 4 is 5.82 Å². The minimum atomic E-state index is 0.486. The van der Waals surface area contributed by atoms with E-state index in [1.807, 2.05) is 10.9 Å². The van der Waals surface area contributed by atoms with Gasteiger partial charge in [0.05, 0.1) is 6.20 Å². The molecule has 0 saturated heterocycles. The van der Waals surface area contributed by atoms with E-state index < -0.39 is 0 Å². The molecule has 13 heavy (non-hydrogen) atoms. The summed E-state index contributed by atoms with van der Waals surface area (Å²) in [6, 6.07) is 0. The van der Waals surface area contributed by atoms with Crippen LogP contribution in [0.15, 0.2) is 6.20 Å². The number of anilines is 1. The van der Waals surface area contributed by atoms with Crippen molar-refractivity contribution in [1.82, 2.24) is 15.0 Å². The van der Waals surface area contributed by atoms with Gasteiger partial charge in [0.1, 0.15) is 0 Å². The van der Waals surface area contributed by atoms with Crippen LogP contribution in [-0.4, -0.2) is 15.0 Å². The Morgan fingerprint density at radius 1 is 1.62 bits per heavy atom. The predicted molar refractivity (Wildman–Crippen MR) is 51.0 cm³/mol. The van der Waals surface area contributed by atoms with Crippen molar-refractivity contribution in [3.63, 3.8) is 0 Å². The summed E-state index contributed by atoms with van der Waals surface area (Å²) in [4.78, 5) is 0. The number of hydrogen-bond acceptors (Lipinski definition) is 3. The van der Waals surface area contributed by atoms with Crippen molar-refractivity contribution in [3.8, 4) is 0 Å². The lowest BCUT2D eigenvalue weighted by atomic mass is 9.67. The molecule has 1 aliphatic carbocycles. The number of nitrogens with two attached hydrogens (primary N) is 1. The van der Waals surface area contributed by atoms with Gasteiger partial charge < -0.3 is 5.73 Å². The lowest BCUT2D eigenvalue weighted by Crippen LogP contribution is -2.33. The van der Waals surface area contributed by atoms with Crippen LogP contribution in [0.3, 0.4) is 0 Å². The molecule has 1 aliphatic rings. The van der Waals surface area contributed by atoms with Crippen molar-refractivity contribution in [2.45, 2.75) is 39.2 Å². The average molecular weight is 180 g/mol. The van der Waals surface area contributed by atoms with Crippen LogP contribution in [0.5, 0.6) is 0 Å². The molecular formula is C9H16N4. The fourth-order valence-corrected chi connectivity index (χ4v) is 2.03. The van der Waals surface area contributed by atoms with E-state index in [1.165, 1.54) is 25.7 Å². The standard InChI is InChI=1S/C9H16N4/c1-2-9(4-3-5-9)7-13-6-8(10)11-12-13/h6H,2-5,7,10H2,1H3. The van der Waals surface area contributed by atoms with Gasteiger partial charge in [0.25, 0.3) is 0 Å². The Morgan fingerprint density at radius 3 is 2.77 bits per heavy atom. The SMILES string of the molecule is CCC1(Cn2cc(N)nn2)CCC1. The molecule has 1 aromatic rings. The largest absolute Gasteiger partial charge is 0.381 e. The summed E-state index contributed by atoms with van der Waals surface area (Å²) >= 11 is 0. The number of nitrogens with zero attached hydrogens (tertiary/aromatic N) is 3. The summed E-state index contributed by atoms with van der Waals surface area (Å²) in [5.41, 5.74) is 5.99. The van der Waals surface area contributed by atoms with Crippen LogP contribution in [0, 0.1) is 5.41 Å². The van der Waals surface area contributed by atoms with Gasteiger partial charge in [-0.05, 0) is 24.7 Å². The van der Waals surface area contributed by atoms with Crippen LogP contribution in [0.25, 0.3) is 0 Å². The van der Waals surface area contributed by atoms with Crippen LogP contribution in [0.4, 0.5) is 5.82 Å². The first-order valence-electron chi connectivity index (χ1n) is 4.90. The highest BCUT2D eigenvalue weighted by atomic mass is 15.4. The van der Waals surface area contributed by atoms with Crippen LogP contribution >= 0.6 is 0 Å². The molecule has 1 heterocycles. The topological polar surface area (TPSA) is 56.7 Å². The molecule has 72 valence electrons. The molecule has 4 nitrogen and oxygen atoms in total. The van der Waals surface area contributed by atoms with Crippen molar-refractivity contribution in [2.75, 3.05) is 5.73 Å². The van der Waals surface area contributed by atoms with E-state index >= 15 is 0 Å². The minimum absolute atomic E-state index is 0.486. The number of aromatic nitrogens is 3. The average Bonchev–Trinajstić information content (AvgIpc) is 2.44. The molecule has 0 aromatic carbocycles. The highest BCUT2D eigenvalue weighted by Crippen LogP contribution is 2.44. The van der Waals surface area contributed by atoms with E-state index in [0.29, 0.717) is 11.2 Å². The monoisotopic (exact) mass is 180 g/mol. The quantitative estimate of drug-likeness (QED) is 0.765. The molecule has 1 aromatic heterocycles. The fourth-order valence-electron chi connectivity index (χ4n) is 2.03. The third kappa shape index (κ3) is 1.53. The second-order valence-corrected chi connectivity index (χ2v) is 4.05. The second kappa shape index (κ2) is 3.01. The molecule has 0 radical (unpaired) electrons. The number of rotatable bonds is 3. The summed E-state index contributed by atoms with van der Waals surface area (Å²) in [6.07, 6.45) is 7.05. The molecule has 1 fully saturated rings. The molecule has 0 atom stereocenters. The fraction of sp³-hybridized carbons (Fsp3) is 0.778. The third-order valence-corrected chi connectivity index (χ3v) is 3.22. The van der Waals surface area contributed by atoms with E-state index in [4.69, 9.17) is 5.73 Å². The summed E-state index contributed by atoms with van der Waals surface area (Å²) in [7, 11) is 0. The van der Waals surface area contributed by atoms with E-state index in [1.54, 1.807) is 0 Å². The van der Waals surface area contributed by atoms with Crippen molar-refractivity contribution in [3.05, 3.63) is 6.20 Å². The van der Waals surface area contributed by atoms with Gasteiger partial charge in [0.15, 0.2) is 5.82 Å². The summed E-state index contributed by atoms with van der Waals surface area (Å²) in [6.45, 7) is 3.23. The maximum atomic E-state index is 5.50. The van der Waals surface area contributed by atoms with Gasteiger partial charge in [-0.2, -0.15) is 0 Å². The molecule has 2 rings (SSSR count). The second-order valence-electron chi connectivity index (χ2n) is 4.05. The van der Waals surface area contributed by atoms with Gasteiger partial charge in [-0.15, -0.1) is 5.10 Å². The maximum absolute atomic E-state index is 5.50. The zero-order chi connectivity index (χ0) is 9.31. The Labute approximate surface area is 78.1 Å². The molecule has 0 bridgehead atoms. The Bertz CT molecular complexity index is 282. The first kappa shape index (κ1) is 8.53. The summed E-state index contributed by atoms with van der Waals surface area (Å²) in [5.74, 6) is 0.519. The zero-order valence-corrected chi connectivity index (χ0v) is 8.03. The lowest BCUT2D eigenvalue weighted by Gasteiger charge is -2.40. The number of hydrogen-bond donors (Lipinski definition) is 1. The van der Waals surface area contributed by atoms with Gasteiger partial charge in [-0.1, -0.05) is 18.6 Å². The smallest absolute Gasteiger partial charge is 0.165 e. The molecular weight excluding hydrogens is 164 g/mol. The van der Waals surface area contributed by atoms with Crippen LogP contribution < -0.4 is 5.73 Å². The van der Waals surface area contributed by atoms with Crippen molar-refractivity contribution < 1.29 is 0 Å². The molecule has 0 aliphatic heterocycles. The molecule has 1 saturated carbocycles. The Morgan fingerprint density at radius 2 is 2.38 bits per heavy atom. The van der Waals surface area contributed by atoms with Gasteiger partial charge in [-0.25, -0.2) is 4.68 Å². The molecule has 2 N–H and O–H groups in total. The van der Waals surface area contributed by atoms with Crippen LogP contribution in [0.2, 0.25) is 0 Å². The van der Waals surface area contributed by atoms with Crippen LogP contribution in [0.1, 0.15) is 32.6 Å². The maximum Gasteiger partial charge on any atom is 0.165 e. The minimum Gasteiger partial charge on any atom is -0.381 e. The Kier molecular flexibility index (Phi) is 1.98. The van der Waals surface area contributed by atoms with E-state index in [9.17, 15) is 0 Å². The van der Waals surface area contributed by atoms with Crippen LogP contribution in [-0.2, 0) is 6.54 Å². The molecule has 4 heteroatoms. The predicted octanol–water partition coefficient (Wildman–Crippen LogP) is 1.44.